The number of rotatable bonds is 6. The molecule has 2 amide bonds. The molecule has 1 heterocycles. The van der Waals surface area contributed by atoms with Crippen LogP contribution in [0.5, 0.6) is 0 Å². The van der Waals surface area contributed by atoms with Crippen molar-refractivity contribution in [2.75, 3.05) is 33.3 Å². The van der Waals surface area contributed by atoms with Gasteiger partial charge in [-0.1, -0.05) is 0 Å². The van der Waals surface area contributed by atoms with Crippen LogP contribution in [-0.2, 0) is 14.3 Å². The lowest BCUT2D eigenvalue weighted by atomic mass is 10.1. The van der Waals surface area contributed by atoms with Crippen molar-refractivity contribution in [3.8, 4) is 0 Å². The van der Waals surface area contributed by atoms with Crippen LogP contribution < -0.4 is 11.1 Å². The number of methoxy groups -OCH3 is 1. The molecule has 1 unspecified atom stereocenters. The Morgan fingerprint density at radius 3 is 2.56 bits per heavy atom. The van der Waals surface area contributed by atoms with Gasteiger partial charge in [0.2, 0.25) is 11.8 Å². The smallest absolute Gasteiger partial charge is 0.241 e. The molecule has 0 aliphatic carbocycles. The third-order valence-corrected chi connectivity index (χ3v) is 3.15. The van der Waals surface area contributed by atoms with Gasteiger partial charge in [0, 0.05) is 26.7 Å². The number of likely N-dealkylation sites (tertiary alicyclic amines) is 1. The highest BCUT2D eigenvalue weighted by Gasteiger charge is 2.17. The van der Waals surface area contributed by atoms with Crippen molar-refractivity contribution in [2.45, 2.75) is 31.8 Å². The van der Waals surface area contributed by atoms with E-state index in [0.29, 0.717) is 6.54 Å². The fourth-order valence-electron chi connectivity index (χ4n) is 1.97. The van der Waals surface area contributed by atoms with Gasteiger partial charge >= 0.3 is 0 Å². The predicted molar refractivity (Wildman–Crippen MR) is 67.9 cm³/mol. The third-order valence-electron chi connectivity index (χ3n) is 3.15. The monoisotopic (exact) mass is 257 g/mol. The molecule has 3 N–H and O–H groups in total. The van der Waals surface area contributed by atoms with Gasteiger partial charge < -0.3 is 20.7 Å². The van der Waals surface area contributed by atoms with E-state index in [9.17, 15) is 9.59 Å². The Kier molecular flexibility index (Phi) is 6.67. The second-order valence-electron chi connectivity index (χ2n) is 4.52. The Labute approximate surface area is 108 Å². The minimum absolute atomic E-state index is 0.00948. The van der Waals surface area contributed by atoms with Crippen LogP contribution >= 0.6 is 0 Å². The molecule has 0 spiro atoms. The molecule has 1 fully saturated rings. The molecule has 1 aliphatic heterocycles. The highest BCUT2D eigenvalue weighted by Crippen LogP contribution is 2.08. The van der Waals surface area contributed by atoms with Crippen molar-refractivity contribution in [3.05, 3.63) is 0 Å². The van der Waals surface area contributed by atoms with Crippen molar-refractivity contribution < 1.29 is 14.3 Å². The molecule has 1 rings (SSSR count). The van der Waals surface area contributed by atoms with E-state index in [-0.39, 0.29) is 30.9 Å². The van der Waals surface area contributed by atoms with Crippen LogP contribution in [0.25, 0.3) is 0 Å². The van der Waals surface area contributed by atoms with Crippen molar-refractivity contribution >= 4 is 11.8 Å². The summed E-state index contributed by atoms with van der Waals surface area (Å²) in [6.45, 7) is 1.97. The molecule has 0 bridgehead atoms. The maximum Gasteiger partial charge on any atom is 0.241 e. The zero-order chi connectivity index (χ0) is 13.4. The summed E-state index contributed by atoms with van der Waals surface area (Å²) in [5, 5.41) is 2.61. The van der Waals surface area contributed by atoms with E-state index in [1.54, 1.807) is 4.90 Å². The van der Waals surface area contributed by atoms with Crippen LogP contribution in [0.3, 0.4) is 0 Å². The Morgan fingerprint density at radius 2 is 2.00 bits per heavy atom. The van der Waals surface area contributed by atoms with E-state index in [4.69, 9.17) is 10.5 Å². The topological polar surface area (TPSA) is 84.7 Å². The molecule has 18 heavy (non-hydrogen) atoms. The maximum atomic E-state index is 11.8. The molecule has 0 aromatic heterocycles. The van der Waals surface area contributed by atoms with Crippen LogP contribution in [0.2, 0.25) is 0 Å². The van der Waals surface area contributed by atoms with Crippen LogP contribution in [0, 0.1) is 0 Å². The van der Waals surface area contributed by atoms with Gasteiger partial charge in [0.1, 0.15) is 0 Å². The van der Waals surface area contributed by atoms with E-state index in [0.717, 1.165) is 25.9 Å². The number of ether oxygens (including phenoxy) is 1. The first kappa shape index (κ1) is 14.9. The molecule has 0 aromatic carbocycles. The molecule has 0 aromatic rings. The highest BCUT2D eigenvalue weighted by molar-refractivity contribution is 5.84. The Balaban J connectivity index is 2.22. The van der Waals surface area contributed by atoms with Crippen LogP contribution in [0.15, 0.2) is 0 Å². The van der Waals surface area contributed by atoms with Crippen molar-refractivity contribution in [1.29, 1.82) is 0 Å². The van der Waals surface area contributed by atoms with Gasteiger partial charge in [-0.05, 0) is 19.3 Å². The Hall–Kier alpha value is -1.14. The number of nitrogens with one attached hydrogen (secondary N) is 1. The number of nitrogens with two attached hydrogens (primary N) is 1. The van der Waals surface area contributed by atoms with Gasteiger partial charge in [-0.25, -0.2) is 0 Å². The van der Waals surface area contributed by atoms with Gasteiger partial charge in [0.05, 0.1) is 19.1 Å². The number of hydrogen-bond acceptors (Lipinski definition) is 4. The molecule has 104 valence electrons. The number of piperidine rings is 1. The third kappa shape index (κ3) is 5.01. The first-order valence-corrected chi connectivity index (χ1v) is 6.44. The van der Waals surface area contributed by atoms with Gasteiger partial charge in [-0.15, -0.1) is 0 Å². The van der Waals surface area contributed by atoms with Crippen molar-refractivity contribution in [3.63, 3.8) is 0 Å². The Bertz CT molecular complexity index is 274. The number of carbonyl (C=O) groups is 2. The average molecular weight is 257 g/mol. The maximum absolute atomic E-state index is 11.8. The number of hydrogen-bond donors (Lipinski definition) is 2. The highest BCUT2D eigenvalue weighted by atomic mass is 16.5. The number of nitrogens with zero attached hydrogens (tertiary/aromatic N) is 1. The second-order valence-corrected chi connectivity index (χ2v) is 4.52. The number of carbonyl (C=O) groups excluding carboxylic acids is 2. The molecule has 6 heteroatoms. The summed E-state index contributed by atoms with van der Waals surface area (Å²) in [5.41, 5.74) is 5.42. The van der Waals surface area contributed by atoms with Gasteiger partial charge in [-0.2, -0.15) is 0 Å². The zero-order valence-electron chi connectivity index (χ0n) is 11.0. The Morgan fingerprint density at radius 1 is 1.33 bits per heavy atom. The number of amides is 2. The molecular formula is C12H23N3O3. The lowest BCUT2D eigenvalue weighted by Crippen LogP contribution is -2.43. The van der Waals surface area contributed by atoms with Crippen LogP contribution in [0.1, 0.15) is 25.7 Å². The largest absolute Gasteiger partial charge is 0.380 e. The average Bonchev–Trinajstić information content (AvgIpc) is 2.43. The molecular weight excluding hydrogens is 234 g/mol. The predicted octanol–water partition coefficient (Wildman–Crippen LogP) is -0.521. The molecule has 1 atom stereocenters. The van der Waals surface area contributed by atoms with Crippen molar-refractivity contribution in [1.82, 2.24) is 10.2 Å². The minimum Gasteiger partial charge on any atom is -0.380 e. The van der Waals surface area contributed by atoms with E-state index < -0.39 is 0 Å². The van der Waals surface area contributed by atoms with Crippen LogP contribution in [-0.4, -0.2) is 56.1 Å². The summed E-state index contributed by atoms with van der Waals surface area (Å²) in [6, 6.07) is 0. The van der Waals surface area contributed by atoms with E-state index >= 15 is 0 Å². The minimum atomic E-state index is -0.282. The summed E-state index contributed by atoms with van der Waals surface area (Å²) in [7, 11) is 1.52. The van der Waals surface area contributed by atoms with Gasteiger partial charge in [-0.3, -0.25) is 9.59 Å². The lowest BCUT2D eigenvalue weighted by Gasteiger charge is -2.26. The SMILES string of the molecule is COC(CN)CC(=O)NCC(=O)N1CCCCC1. The molecule has 0 saturated carbocycles. The fourth-order valence-corrected chi connectivity index (χ4v) is 1.97. The van der Waals surface area contributed by atoms with E-state index in [2.05, 4.69) is 5.32 Å². The zero-order valence-corrected chi connectivity index (χ0v) is 11.0. The van der Waals surface area contributed by atoms with E-state index in [1.165, 1.54) is 13.5 Å². The summed E-state index contributed by atoms with van der Waals surface area (Å²) >= 11 is 0. The van der Waals surface area contributed by atoms with Gasteiger partial charge in [0.25, 0.3) is 0 Å². The quantitative estimate of drug-likeness (QED) is 0.670. The fraction of sp³-hybridized carbons (Fsp3) is 0.833. The summed E-state index contributed by atoms with van der Waals surface area (Å²) in [5.74, 6) is -0.206. The summed E-state index contributed by atoms with van der Waals surface area (Å²) < 4.78 is 5.01. The first-order valence-electron chi connectivity index (χ1n) is 6.44. The second kappa shape index (κ2) is 8.05. The summed E-state index contributed by atoms with van der Waals surface area (Å²) in [4.78, 5) is 25.1. The first-order chi connectivity index (χ1) is 8.67. The summed E-state index contributed by atoms with van der Waals surface area (Å²) in [6.07, 6.45) is 3.20. The van der Waals surface area contributed by atoms with E-state index in [1.807, 2.05) is 0 Å². The molecule has 6 nitrogen and oxygen atoms in total. The standard InChI is InChI=1S/C12H23N3O3/c1-18-10(8-13)7-11(16)14-9-12(17)15-5-3-2-4-6-15/h10H,2-9,13H2,1H3,(H,14,16). The normalized spacial score (nSPS) is 17.3. The molecule has 1 aliphatic rings. The molecule has 0 radical (unpaired) electrons. The van der Waals surface area contributed by atoms with Gasteiger partial charge in [0.15, 0.2) is 0 Å². The van der Waals surface area contributed by atoms with Crippen LogP contribution in [0.4, 0.5) is 0 Å². The van der Waals surface area contributed by atoms with Crippen molar-refractivity contribution in [2.24, 2.45) is 5.73 Å². The lowest BCUT2D eigenvalue weighted by molar-refractivity contribution is -0.134. The molecule has 1 saturated heterocycles.